The molecule has 0 amide bonds. The highest BCUT2D eigenvalue weighted by Gasteiger charge is 2.40. The van der Waals surface area contributed by atoms with Crippen LogP contribution in [-0.4, -0.2) is 23.0 Å². The lowest BCUT2D eigenvalue weighted by molar-refractivity contribution is 0.391. The molecule has 2 bridgehead atoms. The minimum atomic E-state index is 0.547. The summed E-state index contributed by atoms with van der Waals surface area (Å²) in [7, 11) is 0. The Hall–Kier alpha value is -0.180. The van der Waals surface area contributed by atoms with Gasteiger partial charge in [0, 0.05) is 11.8 Å². The fourth-order valence-corrected chi connectivity index (χ4v) is 4.62. The zero-order valence-electron chi connectivity index (χ0n) is 10.3. The van der Waals surface area contributed by atoms with Crippen molar-refractivity contribution in [2.45, 2.75) is 51.6 Å². The van der Waals surface area contributed by atoms with Crippen LogP contribution in [-0.2, 0) is 0 Å². The van der Waals surface area contributed by atoms with Crippen LogP contribution in [0.1, 0.15) is 39.5 Å². The third kappa shape index (κ3) is 1.99. The highest BCUT2D eigenvalue weighted by Crippen LogP contribution is 2.44. The van der Waals surface area contributed by atoms with Crippen LogP contribution in [0, 0.1) is 17.8 Å². The second kappa shape index (κ2) is 4.25. The van der Waals surface area contributed by atoms with E-state index in [2.05, 4.69) is 19.2 Å². The third-order valence-corrected chi connectivity index (χ3v) is 5.50. The molecule has 4 unspecified atom stereocenters. The topological polar surface area (TPSA) is 24.4 Å². The zero-order valence-corrected chi connectivity index (χ0v) is 11.1. The molecule has 0 aromatic rings. The standard InChI is InChI=1S/C13H22N2S/c1-8(2)12-7-16-13(15-12)14-11-6-9-3-4-10(11)5-9/h8-12H,3-7H2,1-2H3,(H,14,15). The SMILES string of the molecule is CC(C)C1CSC(NC2CC3CCC2C3)=N1. The quantitative estimate of drug-likeness (QED) is 0.800. The first-order valence-corrected chi connectivity index (χ1v) is 7.68. The third-order valence-electron chi connectivity index (χ3n) is 4.49. The average molecular weight is 238 g/mol. The lowest BCUT2D eigenvalue weighted by atomic mass is 9.96. The molecule has 2 nitrogen and oxygen atoms in total. The Balaban J connectivity index is 1.58. The first-order valence-electron chi connectivity index (χ1n) is 6.69. The minimum absolute atomic E-state index is 0.547. The van der Waals surface area contributed by atoms with Crippen molar-refractivity contribution in [3.05, 3.63) is 0 Å². The van der Waals surface area contributed by atoms with Crippen molar-refractivity contribution < 1.29 is 0 Å². The van der Waals surface area contributed by atoms with E-state index in [4.69, 9.17) is 4.99 Å². The van der Waals surface area contributed by atoms with Crippen LogP contribution in [0.15, 0.2) is 4.99 Å². The van der Waals surface area contributed by atoms with Gasteiger partial charge in [-0.25, -0.2) is 0 Å². The fraction of sp³-hybridized carbons (Fsp3) is 0.923. The van der Waals surface area contributed by atoms with Crippen molar-refractivity contribution >= 4 is 16.9 Å². The molecule has 90 valence electrons. The van der Waals surface area contributed by atoms with Crippen molar-refractivity contribution in [1.82, 2.24) is 5.32 Å². The van der Waals surface area contributed by atoms with Gasteiger partial charge in [0.25, 0.3) is 0 Å². The van der Waals surface area contributed by atoms with Crippen LogP contribution in [0.25, 0.3) is 0 Å². The van der Waals surface area contributed by atoms with Crippen molar-refractivity contribution in [2.24, 2.45) is 22.7 Å². The average Bonchev–Trinajstić information content (AvgIpc) is 2.91. The van der Waals surface area contributed by atoms with Gasteiger partial charge < -0.3 is 5.32 Å². The molecule has 1 heterocycles. The summed E-state index contributed by atoms with van der Waals surface area (Å²) in [6, 6.07) is 1.29. The minimum Gasteiger partial charge on any atom is -0.362 e. The molecule has 3 rings (SSSR count). The van der Waals surface area contributed by atoms with Gasteiger partial charge in [-0.1, -0.05) is 32.0 Å². The fourth-order valence-electron chi connectivity index (χ4n) is 3.39. The van der Waals surface area contributed by atoms with E-state index in [1.54, 1.807) is 0 Å². The molecule has 0 radical (unpaired) electrons. The van der Waals surface area contributed by atoms with Gasteiger partial charge in [-0.15, -0.1) is 0 Å². The van der Waals surface area contributed by atoms with Crippen LogP contribution in [0.4, 0.5) is 0 Å². The Bertz CT molecular complexity index is 300. The molecule has 0 aromatic carbocycles. The summed E-state index contributed by atoms with van der Waals surface area (Å²) in [5, 5.41) is 4.94. The molecule has 0 aromatic heterocycles. The Morgan fingerprint density at radius 1 is 1.31 bits per heavy atom. The lowest BCUT2D eigenvalue weighted by Gasteiger charge is -2.23. The van der Waals surface area contributed by atoms with Gasteiger partial charge in [0.15, 0.2) is 5.17 Å². The van der Waals surface area contributed by atoms with Crippen LogP contribution >= 0.6 is 11.8 Å². The summed E-state index contributed by atoms with van der Waals surface area (Å²) in [4.78, 5) is 4.80. The molecular formula is C13H22N2S. The molecule has 16 heavy (non-hydrogen) atoms. The summed E-state index contributed by atoms with van der Waals surface area (Å²) >= 11 is 1.93. The van der Waals surface area contributed by atoms with Crippen LogP contribution in [0.2, 0.25) is 0 Å². The van der Waals surface area contributed by atoms with Crippen LogP contribution in [0.5, 0.6) is 0 Å². The van der Waals surface area contributed by atoms with Crippen molar-refractivity contribution in [2.75, 3.05) is 5.75 Å². The number of nitrogens with one attached hydrogen (secondary N) is 1. The van der Waals surface area contributed by atoms with E-state index >= 15 is 0 Å². The molecule has 2 fully saturated rings. The number of fused-ring (bicyclic) bond motifs is 2. The number of hydrogen-bond acceptors (Lipinski definition) is 3. The number of amidine groups is 1. The van der Waals surface area contributed by atoms with E-state index in [9.17, 15) is 0 Å². The monoisotopic (exact) mass is 238 g/mol. The van der Waals surface area contributed by atoms with Crippen molar-refractivity contribution in [3.63, 3.8) is 0 Å². The molecule has 0 spiro atoms. The Morgan fingerprint density at radius 3 is 2.75 bits per heavy atom. The second-order valence-corrected chi connectivity index (χ2v) is 6.99. The van der Waals surface area contributed by atoms with Crippen molar-refractivity contribution in [3.8, 4) is 0 Å². The number of nitrogens with zero attached hydrogens (tertiary/aromatic N) is 1. The smallest absolute Gasteiger partial charge is 0.157 e. The number of thioether (sulfide) groups is 1. The van der Waals surface area contributed by atoms with E-state index in [-0.39, 0.29) is 0 Å². The van der Waals surface area contributed by atoms with E-state index in [1.807, 2.05) is 11.8 Å². The molecule has 1 aliphatic heterocycles. The Kier molecular flexibility index (Phi) is 2.90. The van der Waals surface area contributed by atoms with Crippen LogP contribution in [0.3, 0.4) is 0 Å². The summed E-state index contributed by atoms with van der Waals surface area (Å²) in [6.45, 7) is 4.55. The maximum atomic E-state index is 4.80. The predicted molar refractivity (Wildman–Crippen MR) is 70.9 cm³/mol. The highest BCUT2D eigenvalue weighted by atomic mass is 32.2. The largest absolute Gasteiger partial charge is 0.362 e. The second-order valence-electron chi connectivity index (χ2n) is 5.98. The van der Waals surface area contributed by atoms with Crippen molar-refractivity contribution in [1.29, 1.82) is 0 Å². The summed E-state index contributed by atoms with van der Waals surface area (Å²) in [6.07, 6.45) is 5.81. The molecule has 2 saturated carbocycles. The summed E-state index contributed by atoms with van der Waals surface area (Å²) in [5.74, 6) is 3.84. The first-order chi connectivity index (χ1) is 7.72. The lowest BCUT2D eigenvalue weighted by Crippen LogP contribution is -2.36. The Labute approximate surface area is 103 Å². The number of rotatable bonds is 2. The van der Waals surface area contributed by atoms with Crippen LogP contribution < -0.4 is 5.32 Å². The van der Waals surface area contributed by atoms with Gasteiger partial charge in [0.1, 0.15) is 0 Å². The molecule has 1 N–H and O–H groups in total. The maximum absolute atomic E-state index is 4.80. The van der Waals surface area contributed by atoms with E-state index in [0.717, 1.165) is 17.9 Å². The zero-order chi connectivity index (χ0) is 11.1. The van der Waals surface area contributed by atoms with Gasteiger partial charge in [-0.05, 0) is 37.0 Å². The van der Waals surface area contributed by atoms with Gasteiger partial charge in [-0.3, -0.25) is 4.99 Å². The molecule has 3 aliphatic rings. The predicted octanol–water partition coefficient (Wildman–Crippen LogP) is 2.89. The Morgan fingerprint density at radius 2 is 2.19 bits per heavy atom. The van der Waals surface area contributed by atoms with E-state index < -0.39 is 0 Å². The van der Waals surface area contributed by atoms with Gasteiger partial charge in [0.05, 0.1) is 6.04 Å². The first kappa shape index (κ1) is 10.9. The van der Waals surface area contributed by atoms with Gasteiger partial charge >= 0.3 is 0 Å². The normalized spacial score (nSPS) is 41.8. The van der Waals surface area contributed by atoms with E-state index in [1.165, 1.54) is 36.6 Å². The van der Waals surface area contributed by atoms with Gasteiger partial charge in [0.2, 0.25) is 0 Å². The van der Waals surface area contributed by atoms with E-state index in [0.29, 0.717) is 12.0 Å². The number of aliphatic imine (C=N–C) groups is 1. The number of hydrogen-bond donors (Lipinski definition) is 1. The maximum Gasteiger partial charge on any atom is 0.157 e. The molecule has 3 heteroatoms. The molecule has 2 aliphatic carbocycles. The highest BCUT2D eigenvalue weighted by molar-refractivity contribution is 8.14. The molecular weight excluding hydrogens is 216 g/mol. The molecule has 4 atom stereocenters. The molecule has 0 saturated heterocycles. The summed E-state index contributed by atoms with van der Waals surface area (Å²) < 4.78 is 0. The summed E-state index contributed by atoms with van der Waals surface area (Å²) in [5.41, 5.74) is 0. The van der Waals surface area contributed by atoms with Gasteiger partial charge in [-0.2, -0.15) is 0 Å².